The fourth-order valence-electron chi connectivity index (χ4n) is 3.87. The molecule has 6 nitrogen and oxygen atoms in total. The van der Waals surface area contributed by atoms with Crippen molar-refractivity contribution in [2.45, 2.75) is 33.1 Å². The van der Waals surface area contributed by atoms with Gasteiger partial charge in [-0.25, -0.2) is 0 Å². The van der Waals surface area contributed by atoms with Crippen molar-refractivity contribution in [3.05, 3.63) is 0 Å². The zero-order valence-corrected chi connectivity index (χ0v) is 18.4. The minimum atomic E-state index is 0. The monoisotopic (exact) mass is 467 g/mol. The summed E-state index contributed by atoms with van der Waals surface area (Å²) in [5.74, 6) is 2.25. The molecule has 2 atom stereocenters. The first kappa shape index (κ1) is 22.9. The predicted octanol–water partition coefficient (Wildman–Crippen LogP) is 1.60. The molecule has 25 heavy (non-hydrogen) atoms. The molecule has 2 aliphatic rings. The normalized spacial score (nSPS) is 26.2. The zero-order chi connectivity index (χ0) is 17.2. The van der Waals surface area contributed by atoms with Crippen LogP contribution in [-0.2, 0) is 4.74 Å². The van der Waals surface area contributed by atoms with Gasteiger partial charge in [-0.3, -0.25) is 9.89 Å². The first-order chi connectivity index (χ1) is 11.6. The lowest BCUT2D eigenvalue weighted by Gasteiger charge is -2.34. The second-order valence-electron chi connectivity index (χ2n) is 7.56. The van der Waals surface area contributed by atoms with Gasteiger partial charge >= 0.3 is 0 Å². The fraction of sp³-hybridized carbons (Fsp3) is 0.944. The van der Waals surface area contributed by atoms with Crippen LogP contribution in [0.3, 0.4) is 0 Å². The molecule has 7 heteroatoms. The maximum atomic E-state index is 5.95. The number of piperidine rings is 1. The summed E-state index contributed by atoms with van der Waals surface area (Å²) in [6.07, 6.45) is 3.56. The summed E-state index contributed by atoms with van der Waals surface area (Å²) in [5, 5.41) is 3.23. The minimum Gasteiger partial charge on any atom is -0.379 e. The average Bonchev–Trinajstić information content (AvgIpc) is 2.56. The van der Waals surface area contributed by atoms with Crippen LogP contribution in [0.15, 0.2) is 4.99 Å². The zero-order valence-electron chi connectivity index (χ0n) is 16.1. The third-order valence-electron chi connectivity index (χ3n) is 4.92. The van der Waals surface area contributed by atoms with Crippen LogP contribution in [0.2, 0.25) is 0 Å². The van der Waals surface area contributed by atoms with Gasteiger partial charge < -0.3 is 20.7 Å². The van der Waals surface area contributed by atoms with Crippen molar-refractivity contribution in [3.63, 3.8) is 0 Å². The number of likely N-dealkylation sites (tertiary alicyclic amines) is 1. The van der Waals surface area contributed by atoms with Gasteiger partial charge in [0.05, 0.1) is 13.2 Å². The van der Waals surface area contributed by atoms with Crippen LogP contribution in [0.25, 0.3) is 0 Å². The van der Waals surface area contributed by atoms with E-state index in [1.807, 2.05) is 0 Å². The van der Waals surface area contributed by atoms with E-state index < -0.39 is 0 Å². The van der Waals surface area contributed by atoms with Gasteiger partial charge in [0.1, 0.15) is 0 Å². The molecule has 2 fully saturated rings. The highest BCUT2D eigenvalue weighted by Crippen LogP contribution is 2.20. The van der Waals surface area contributed by atoms with Gasteiger partial charge in [-0.2, -0.15) is 0 Å². The molecule has 0 saturated carbocycles. The molecule has 2 rings (SSSR count). The summed E-state index contributed by atoms with van der Waals surface area (Å²) in [5.41, 5.74) is 5.95. The molecule has 0 radical (unpaired) electrons. The predicted molar refractivity (Wildman–Crippen MR) is 116 cm³/mol. The fourth-order valence-corrected chi connectivity index (χ4v) is 3.87. The van der Waals surface area contributed by atoms with Gasteiger partial charge in [0.2, 0.25) is 0 Å². The summed E-state index contributed by atoms with van der Waals surface area (Å²) >= 11 is 0. The van der Waals surface area contributed by atoms with Crippen LogP contribution in [0.5, 0.6) is 0 Å². The van der Waals surface area contributed by atoms with E-state index in [2.05, 4.69) is 34.0 Å². The highest BCUT2D eigenvalue weighted by Gasteiger charge is 2.20. The Morgan fingerprint density at radius 1 is 1.08 bits per heavy atom. The molecular formula is C18H38IN5O. The number of hydrogen-bond donors (Lipinski definition) is 2. The number of morpholine rings is 1. The van der Waals surface area contributed by atoms with Gasteiger partial charge in [-0.1, -0.05) is 13.8 Å². The molecule has 0 spiro atoms. The van der Waals surface area contributed by atoms with Crippen molar-refractivity contribution in [1.82, 2.24) is 15.1 Å². The SMILES string of the molecule is CC1CC(C)CN(CCCN=C(N)NCCCN2CCOCC2)C1.I. The first-order valence-electron chi connectivity index (χ1n) is 9.69. The lowest BCUT2D eigenvalue weighted by molar-refractivity contribution is 0.0376. The number of nitrogens with two attached hydrogens (primary N) is 1. The molecule has 2 saturated heterocycles. The second-order valence-corrected chi connectivity index (χ2v) is 7.56. The maximum absolute atomic E-state index is 5.95. The number of nitrogens with zero attached hydrogens (tertiary/aromatic N) is 3. The molecule has 2 aliphatic heterocycles. The number of ether oxygens (including phenoxy) is 1. The van der Waals surface area contributed by atoms with Gasteiger partial charge in [-0.15, -0.1) is 24.0 Å². The van der Waals surface area contributed by atoms with E-state index in [0.29, 0.717) is 5.96 Å². The minimum absolute atomic E-state index is 0. The Kier molecular flexibility index (Phi) is 12.0. The molecule has 148 valence electrons. The highest BCUT2D eigenvalue weighted by molar-refractivity contribution is 14.0. The van der Waals surface area contributed by atoms with Crippen molar-refractivity contribution in [2.75, 3.05) is 65.6 Å². The Balaban J connectivity index is 0.00000312. The highest BCUT2D eigenvalue weighted by atomic mass is 127. The Morgan fingerprint density at radius 3 is 2.40 bits per heavy atom. The molecule has 0 aromatic heterocycles. The van der Waals surface area contributed by atoms with Crippen LogP contribution in [0, 0.1) is 11.8 Å². The van der Waals surface area contributed by atoms with E-state index in [-0.39, 0.29) is 24.0 Å². The van der Waals surface area contributed by atoms with E-state index in [1.165, 1.54) is 19.5 Å². The number of hydrogen-bond acceptors (Lipinski definition) is 4. The quantitative estimate of drug-likeness (QED) is 0.246. The van der Waals surface area contributed by atoms with E-state index in [1.54, 1.807) is 0 Å². The smallest absolute Gasteiger partial charge is 0.188 e. The lowest BCUT2D eigenvalue weighted by atomic mass is 9.92. The van der Waals surface area contributed by atoms with E-state index >= 15 is 0 Å². The number of halogens is 1. The summed E-state index contributed by atoms with van der Waals surface area (Å²) < 4.78 is 5.35. The summed E-state index contributed by atoms with van der Waals surface area (Å²) in [4.78, 5) is 9.48. The number of nitrogens with one attached hydrogen (secondary N) is 1. The molecule has 0 aromatic carbocycles. The van der Waals surface area contributed by atoms with Gasteiger partial charge in [-0.05, 0) is 44.2 Å². The van der Waals surface area contributed by atoms with Crippen molar-refractivity contribution < 1.29 is 4.74 Å². The Hall–Kier alpha value is -0.120. The first-order valence-corrected chi connectivity index (χ1v) is 9.69. The third kappa shape index (κ3) is 9.96. The Labute approximate surface area is 170 Å². The molecule has 2 heterocycles. The molecule has 3 N–H and O–H groups in total. The second kappa shape index (κ2) is 13.1. The molecule has 0 bridgehead atoms. The van der Waals surface area contributed by atoms with Gasteiger partial charge in [0, 0.05) is 39.3 Å². The summed E-state index contributed by atoms with van der Waals surface area (Å²) in [6, 6.07) is 0. The largest absolute Gasteiger partial charge is 0.379 e. The van der Waals surface area contributed by atoms with Crippen LogP contribution in [0.1, 0.15) is 33.1 Å². The molecular weight excluding hydrogens is 429 g/mol. The molecule has 0 aromatic rings. The molecule has 0 aliphatic carbocycles. The van der Waals surface area contributed by atoms with E-state index in [4.69, 9.17) is 10.5 Å². The van der Waals surface area contributed by atoms with E-state index in [0.717, 1.165) is 77.2 Å². The molecule has 2 unspecified atom stereocenters. The van der Waals surface area contributed by atoms with Gasteiger partial charge in [0.15, 0.2) is 5.96 Å². The number of aliphatic imine (C=N–C) groups is 1. The van der Waals surface area contributed by atoms with Crippen molar-refractivity contribution >= 4 is 29.9 Å². The summed E-state index contributed by atoms with van der Waals surface area (Å²) in [6.45, 7) is 15.0. The van der Waals surface area contributed by atoms with Gasteiger partial charge in [0.25, 0.3) is 0 Å². The van der Waals surface area contributed by atoms with Crippen molar-refractivity contribution in [2.24, 2.45) is 22.6 Å². The maximum Gasteiger partial charge on any atom is 0.188 e. The Morgan fingerprint density at radius 2 is 1.72 bits per heavy atom. The lowest BCUT2D eigenvalue weighted by Crippen LogP contribution is -2.39. The van der Waals surface area contributed by atoms with Crippen molar-refractivity contribution in [3.8, 4) is 0 Å². The van der Waals surface area contributed by atoms with Crippen LogP contribution >= 0.6 is 24.0 Å². The third-order valence-corrected chi connectivity index (χ3v) is 4.92. The van der Waals surface area contributed by atoms with Crippen LogP contribution in [-0.4, -0.2) is 81.3 Å². The van der Waals surface area contributed by atoms with E-state index in [9.17, 15) is 0 Å². The topological polar surface area (TPSA) is 66.1 Å². The average molecular weight is 467 g/mol. The molecule has 0 amide bonds. The number of rotatable bonds is 8. The Bertz CT molecular complexity index is 366. The van der Waals surface area contributed by atoms with Crippen molar-refractivity contribution in [1.29, 1.82) is 0 Å². The number of guanidine groups is 1. The van der Waals surface area contributed by atoms with Crippen LogP contribution < -0.4 is 11.1 Å². The summed E-state index contributed by atoms with van der Waals surface area (Å²) in [7, 11) is 0. The van der Waals surface area contributed by atoms with Crippen LogP contribution in [0.4, 0.5) is 0 Å². The standard InChI is InChI=1S/C18H37N5O.HI/c1-16-13-17(2)15-23(14-16)8-4-6-21-18(19)20-5-3-7-22-9-11-24-12-10-22;/h16-17H,3-15H2,1-2H3,(H3,19,20,21);1H.